The predicted molar refractivity (Wildman–Crippen MR) is 61.1 cm³/mol. The minimum Gasteiger partial charge on any atom is -0.0807 e. The van der Waals surface area contributed by atoms with E-state index in [1.165, 1.54) is 11.1 Å². The van der Waals surface area contributed by atoms with Gasteiger partial charge in [0.2, 0.25) is 0 Å². The first-order chi connectivity index (χ1) is 6.95. The molecule has 0 spiro atoms. The van der Waals surface area contributed by atoms with Gasteiger partial charge < -0.3 is 0 Å². The molecule has 0 N–H and O–H groups in total. The van der Waals surface area contributed by atoms with Crippen LogP contribution in [0.5, 0.6) is 0 Å². The fourth-order valence-corrected chi connectivity index (χ4v) is 1.57. The lowest BCUT2D eigenvalue weighted by Gasteiger charge is -2.00. The molecule has 0 atom stereocenters. The van der Waals surface area contributed by atoms with Gasteiger partial charge in [-0.25, -0.2) is 0 Å². The summed E-state index contributed by atoms with van der Waals surface area (Å²) in [5.74, 6) is 0. The highest BCUT2D eigenvalue weighted by Gasteiger charge is 1.95. The van der Waals surface area contributed by atoms with Gasteiger partial charge in [0.25, 0.3) is 0 Å². The van der Waals surface area contributed by atoms with Crippen molar-refractivity contribution in [1.29, 1.82) is 0 Å². The third kappa shape index (κ3) is 2.46. The van der Waals surface area contributed by atoms with Crippen molar-refractivity contribution in [3.05, 3.63) is 71.8 Å². The van der Waals surface area contributed by atoms with Crippen molar-refractivity contribution in [1.82, 2.24) is 0 Å². The SMILES string of the molecule is C1=CCC=CC(Cc2ccccc2)=C1. The van der Waals surface area contributed by atoms with Gasteiger partial charge in [0, 0.05) is 0 Å². The van der Waals surface area contributed by atoms with Crippen LogP contribution in [0.1, 0.15) is 12.0 Å². The van der Waals surface area contributed by atoms with Crippen LogP contribution in [0.2, 0.25) is 0 Å². The Hall–Kier alpha value is -1.56. The van der Waals surface area contributed by atoms with Gasteiger partial charge in [-0.2, -0.15) is 0 Å². The summed E-state index contributed by atoms with van der Waals surface area (Å²) in [6.07, 6.45) is 13.0. The Morgan fingerprint density at radius 3 is 2.71 bits per heavy atom. The van der Waals surface area contributed by atoms with E-state index >= 15 is 0 Å². The Labute approximate surface area is 85.3 Å². The van der Waals surface area contributed by atoms with Crippen LogP contribution in [-0.2, 0) is 6.42 Å². The van der Waals surface area contributed by atoms with E-state index in [0.29, 0.717) is 0 Å². The molecule has 1 aliphatic carbocycles. The molecule has 0 unspecified atom stereocenters. The number of benzene rings is 1. The summed E-state index contributed by atoms with van der Waals surface area (Å²) in [7, 11) is 0. The van der Waals surface area contributed by atoms with Crippen molar-refractivity contribution in [2.24, 2.45) is 0 Å². The first-order valence-electron chi connectivity index (χ1n) is 5.01. The molecule has 0 saturated carbocycles. The second-order valence-corrected chi connectivity index (χ2v) is 3.47. The zero-order valence-corrected chi connectivity index (χ0v) is 8.19. The number of allylic oxidation sites excluding steroid dienone is 6. The summed E-state index contributed by atoms with van der Waals surface area (Å²) >= 11 is 0. The van der Waals surface area contributed by atoms with E-state index in [0.717, 1.165) is 12.8 Å². The third-order valence-corrected chi connectivity index (χ3v) is 2.30. The molecule has 0 saturated heterocycles. The summed E-state index contributed by atoms with van der Waals surface area (Å²) in [4.78, 5) is 0. The molecule has 0 aliphatic heterocycles. The van der Waals surface area contributed by atoms with Crippen LogP contribution >= 0.6 is 0 Å². The van der Waals surface area contributed by atoms with Gasteiger partial charge in [-0.05, 0) is 24.0 Å². The van der Waals surface area contributed by atoms with Crippen LogP contribution < -0.4 is 0 Å². The lowest BCUT2D eigenvalue weighted by Crippen LogP contribution is -1.86. The minimum atomic E-state index is 1.03. The zero-order valence-electron chi connectivity index (χ0n) is 8.19. The van der Waals surface area contributed by atoms with Gasteiger partial charge in [0.05, 0.1) is 0 Å². The molecule has 2 rings (SSSR count). The van der Waals surface area contributed by atoms with E-state index in [4.69, 9.17) is 0 Å². The monoisotopic (exact) mass is 182 g/mol. The lowest BCUT2D eigenvalue weighted by molar-refractivity contribution is 1.19. The summed E-state index contributed by atoms with van der Waals surface area (Å²) in [6.45, 7) is 0. The Balaban J connectivity index is 2.11. The molecule has 0 nitrogen and oxygen atoms in total. The maximum absolute atomic E-state index is 2.22. The summed E-state index contributed by atoms with van der Waals surface area (Å²) in [5, 5.41) is 0. The molecule has 0 heterocycles. The smallest absolute Gasteiger partial charge is 0.00259 e. The molecule has 1 aliphatic rings. The second kappa shape index (κ2) is 4.61. The minimum absolute atomic E-state index is 1.03. The van der Waals surface area contributed by atoms with E-state index in [1.54, 1.807) is 0 Å². The zero-order chi connectivity index (χ0) is 9.64. The molecule has 14 heavy (non-hydrogen) atoms. The van der Waals surface area contributed by atoms with Crippen molar-refractivity contribution in [3.8, 4) is 0 Å². The van der Waals surface area contributed by atoms with E-state index < -0.39 is 0 Å². The summed E-state index contributed by atoms with van der Waals surface area (Å²) in [6, 6.07) is 10.6. The normalized spacial score (nSPS) is 15.0. The topological polar surface area (TPSA) is 0 Å². The largest absolute Gasteiger partial charge is 0.0807 e. The highest BCUT2D eigenvalue weighted by molar-refractivity contribution is 5.32. The third-order valence-electron chi connectivity index (χ3n) is 2.30. The molecule has 1 aromatic rings. The fraction of sp³-hybridized carbons (Fsp3) is 0.143. The molecule has 70 valence electrons. The first-order valence-corrected chi connectivity index (χ1v) is 5.01. The Morgan fingerprint density at radius 2 is 1.86 bits per heavy atom. The second-order valence-electron chi connectivity index (χ2n) is 3.47. The molecular formula is C14H14. The lowest BCUT2D eigenvalue weighted by atomic mass is 10.0. The Morgan fingerprint density at radius 1 is 1.00 bits per heavy atom. The van der Waals surface area contributed by atoms with Crippen LogP contribution in [0, 0.1) is 0 Å². The maximum Gasteiger partial charge on any atom is -0.00259 e. The molecule has 0 radical (unpaired) electrons. The van der Waals surface area contributed by atoms with Crippen molar-refractivity contribution in [2.75, 3.05) is 0 Å². The quantitative estimate of drug-likeness (QED) is 0.654. The van der Waals surface area contributed by atoms with Crippen molar-refractivity contribution in [2.45, 2.75) is 12.8 Å². The Kier molecular flexibility index (Phi) is 2.97. The molecule has 0 amide bonds. The molecule has 1 aromatic carbocycles. The highest BCUT2D eigenvalue weighted by atomic mass is 14.0. The van der Waals surface area contributed by atoms with Gasteiger partial charge in [-0.1, -0.05) is 60.7 Å². The van der Waals surface area contributed by atoms with Gasteiger partial charge >= 0.3 is 0 Å². The van der Waals surface area contributed by atoms with Crippen molar-refractivity contribution >= 4 is 0 Å². The molecule has 0 heteroatoms. The summed E-state index contributed by atoms with van der Waals surface area (Å²) in [5.41, 5.74) is 2.75. The number of hydrogen-bond acceptors (Lipinski definition) is 0. The van der Waals surface area contributed by atoms with E-state index in [2.05, 4.69) is 60.7 Å². The predicted octanol–water partition coefficient (Wildman–Crippen LogP) is 3.67. The van der Waals surface area contributed by atoms with Crippen LogP contribution in [-0.4, -0.2) is 0 Å². The average Bonchev–Trinajstić information content (AvgIpc) is 2.48. The Bertz CT molecular complexity index is 366. The molecule has 0 fully saturated rings. The number of hydrogen-bond donors (Lipinski definition) is 0. The van der Waals surface area contributed by atoms with Crippen LogP contribution in [0.15, 0.2) is 66.3 Å². The number of rotatable bonds is 2. The molecule has 0 aromatic heterocycles. The summed E-state index contributed by atoms with van der Waals surface area (Å²) < 4.78 is 0. The van der Waals surface area contributed by atoms with Crippen LogP contribution in [0.3, 0.4) is 0 Å². The maximum atomic E-state index is 2.22. The van der Waals surface area contributed by atoms with E-state index in [9.17, 15) is 0 Å². The van der Waals surface area contributed by atoms with Gasteiger partial charge in [0.15, 0.2) is 0 Å². The van der Waals surface area contributed by atoms with Gasteiger partial charge in [-0.3, -0.25) is 0 Å². The van der Waals surface area contributed by atoms with Crippen molar-refractivity contribution < 1.29 is 0 Å². The van der Waals surface area contributed by atoms with Crippen LogP contribution in [0.4, 0.5) is 0 Å². The average molecular weight is 182 g/mol. The standard InChI is InChI=1S/C14H14/c1-2-5-9-13(8-4-1)12-14-10-6-3-7-11-14/h1,3-11H,2,12H2. The molecular weight excluding hydrogens is 168 g/mol. The first kappa shape index (κ1) is 9.01. The molecule has 0 bridgehead atoms. The van der Waals surface area contributed by atoms with Crippen molar-refractivity contribution in [3.63, 3.8) is 0 Å². The highest BCUT2D eigenvalue weighted by Crippen LogP contribution is 2.11. The van der Waals surface area contributed by atoms with Gasteiger partial charge in [0.1, 0.15) is 0 Å². The van der Waals surface area contributed by atoms with Gasteiger partial charge in [-0.15, -0.1) is 0 Å². The fourth-order valence-electron chi connectivity index (χ4n) is 1.57. The van der Waals surface area contributed by atoms with E-state index in [-0.39, 0.29) is 0 Å². The van der Waals surface area contributed by atoms with E-state index in [1.807, 2.05) is 0 Å². The van der Waals surface area contributed by atoms with Crippen LogP contribution in [0.25, 0.3) is 0 Å².